The summed E-state index contributed by atoms with van der Waals surface area (Å²) in [5, 5.41) is 3.33. The van der Waals surface area contributed by atoms with Crippen molar-refractivity contribution in [2.24, 2.45) is 0 Å². The molecule has 0 aliphatic carbocycles. The van der Waals surface area contributed by atoms with Crippen molar-refractivity contribution in [1.82, 2.24) is 5.32 Å². The lowest BCUT2D eigenvalue weighted by Crippen LogP contribution is -2.42. The summed E-state index contributed by atoms with van der Waals surface area (Å²) in [6, 6.07) is 0.0298. The van der Waals surface area contributed by atoms with Crippen molar-refractivity contribution in [2.75, 3.05) is 13.2 Å². The van der Waals surface area contributed by atoms with E-state index in [9.17, 15) is 13.2 Å². The van der Waals surface area contributed by atoms with E-state index in [1.807, 2.05) is 6.92 Å². The highest BCUT2D eigenvalue weighted by molar-refractivity contribution is 4.77. The van der Waals surface area contributed by atoms with E-state index >= 15 is 0 Å². The zero-order valence-electron chi connectivity index (χ0n) is 12.4. The molecule has 0 radical (unpaired) electrons. The van der Waals surface area contributed by atoms with Crippen LogP contribution in [-0.4, -0.2) is 31.5 Å². The molecule has 0 aromatic carbocycles. The smallest absolute Gasteiger partial charge is 0.377 e. The van der Waals surface area contributed by atoms with Gasteiger partial charge in [-0.2, -0.15) is 13.2 Å². The first-order valence-corrected chi connectivity index (χ1v) is 7.36. The van der Waals surface area contributed by atoms with Crippen molar-refractivity contribution < 1.29 is 17.9 Å². The maximum absolute atomic E-state index is 12.2. The van der Waals surface area contributed by atoms with Gasteiger partial charge in [0.2, 0.25) is 0 Å². The average molecular weight is 283 g/mol. The topological polar surface area (TPSA) is 21.3 Å². The van der Waals surface area contributed by atoms with E-state index in [4.69, 9.17) is 4.74 Å². The molecule has 19 heavy (non-hydrogen) atoms. The lowest BCUT2D eigenvalue weighted by atomic mass is 10.00. The summed E-state index contributed by atoms with van der Waals surface area (Å²) in [6.07, 6.45) is -1.21. The molecule has 116 valence electrons. The number of hydrogen-bond donors (Lipinski definition) is 1. The van der Waals surface area contributed by atoms with Gasteiger partial charge in [-0.3, -0.25) is 0 Å². The summed E-state index contributed by atoms with van der Waals surface area (Å²) >= 11 is 0. The summed E-state index contributed by atoms with van der Waals surface area (Å²) in [6.45, 7) is 7.47. The molecule has 2 nitrogen and oxygen atoms in total. The van der Waals surface area contributed by atoms with Crippen LogP contribution in [-0.2, 0) is 4.74 Å². The Balaban J connectivity index is 4.31. The van der Waals surface area contributed by atoms with Crippen molar-refractivity contribution in [3.05, 3.63) is 0 Å². The lowest BCUT2D eigenvalue weighted by molar-refractivity contribution is -0.136. The molecule has 0 saturated carbocycles. The molecule has 0 bridgehead atoms. The molecule has 2 unspecified atom stereocenters. The molecule has 0 aromatic heterocycles. The second kappa shape index (κ2) is 10.5. The predicted octanol–water partition coefficient (Wildman–Crippen LogP) is 4.29. The molecule has 5 heteroatoms. The number of ether oxygens (including phenoxy) is 1. The van der Waals surface area contributed by atoms with Crippen molar-refractivity contribution in [1.29, 1.82) is 0 Å². The van der Waals surface area contributed by atoms with Crippen LogP contribution in [0.5, 0.6) is 0 Å². The van der Waals surface area contributed by atoms with Gasteiger partial charge in [-0.25, -0.2) is 0 Å². The molecule has 0 amide bonds. The molecule has 0 fully saturated rings. The van der Waals surface area contributed by atoms with Crippen molar-refractivity contribution in [2.45, 2.75) is 77.6 Å². The average Bonchev–Trinajstić information content (AvgIpc) is 2.32. The van der Waals surface area contributed by atoms with Crippen LogP contribution in [0.2, 0.25) is 0 Å². The van der Waals surface area contributed by atoms with E-state index in [1.165, 1.54) is 0 Å². The maximum Gasteiger partial charge on any atom is 0.389 e. The van der Waals surface area contributed by atoms with Crippen LogP contribution in [0.1, 0.15) is 59.3 Å². The minimum atomic E-state index is -4.05. The van der Waals surface area contributed by atoms with Crippen LogP contribution in [0.15, 0.2) is 0 Å². The van der Waals surface area contributed by atoms with Crippen LogP contribution < -0.4 is 5.32 Å². The van der Waals surface area contributed by atoms with Crippen LogP contribution in [0, 0.1) is 0 Å². The van der Waals surface area contributed by atoms with Crippen LogP contribution in [0.4, 0.5) is 13.2 Å². The van der Waals surface area contributed by atoms with Crippen LogP contribution in [0.25, 0.3) is 0 Å². The summed E-state index contributed by atoms with van der Waals surface area (Å²) in [4.78, 5) is 0. The third-order valence-corrected chi connectivity index (χ3v) is 3.03. The third kappa shape index (κ3) is 10.2. The highest BCUT2D eigenvalue weighted by atomic mass is 19.4. The Morgan fingerprint density at radius 3 is 2.21 bits per heavy atom. The van der Waals surface area contributed by atoms with Gasteiger partial charge in [0.25, 0.3) is 0 Å². The van der Waals surface area contributed by atoms with E-state index in [-0.39, 0.29) is 18.6 Å². The minimum absolute atomic E-state index is 0.0229. The van der Waals surface area contributed by atoms with Crippen molar-refractivity contribution in [3.8, 4) is 0 Å². The number of alkyl halides is 3. The fourth-order valence-electron chi connectivity index (χ4n) is 2.17. The first kappa shape index (κ1) is 18.7. The van der Waals surface area contributed by atoms with E-state index in [0.29, 0.717) is 13.0 Å². The normalized spacial score (nSPS) is 15.5. The van der Waals surface area contributed by atoms with E-state index in [1.54, 1.807) is 0 Å². The zero-order valence-corrected chi connectivity index (χ0v) is 12.4. The Morgan fingerprint density at radius 1 is 1.05 bits per heavy atom. The number of rotatable bonds is 11. The monoisotopic (exact) mass is 283 g/mol. The highest BCUT2D eigenvalue weighted by Gasteiger charge is 2.28. The third-order valence-electron chi connectivity index (χ3n) is 3.03. The molecule has 0 rings (SSSR count). The van der Waals surface area contributed by atoms with Crippen molar-refractivity contribution >= 4 is 0 Å². The summed E-state index contributed by atoms with van der Waals surface area (Å²) in [5.74, 6) is 0. The van der Waals surface area contributed by atoms with Gasteiger partial charge in [0.05, 0.1) is 6.10 Å². The standard InChI is InChI=1S/C14H28F3NO/c1-4-8-13(19-6-3)12(18-11-5-2)9-7-10-14(15,16)17/h12-13,18H,4-11H2,1-3H3. The van der Waals surface area contributed by atoms with Crippen LogP contribution >= 0.6 is 0 Å². The maximum atomic E-state index is 12.2. The van der Waals surface area contributed by atoms with E-state index in [2.05, 4.69) is 19.2 Å². The molecule has 0 aliphatic rings. The quantitative estimate of drug-likeness (QED) is 0.610. The Kier molecular flexibility index (Phi) is 10.3. The number of nitrogens with one attached hydrogen (secondary N) is 1. The van der Waals surface area contributed by atoms with Crippen LogP contribution in [0.3, 0.4) is 0 Å². The zero-order chi connectivity index (χ0) is 14.7. The first-order chi connectivity index (χ1) is 8.94. The molecule has 2 atom stereocenters. The SMILES string of the molecule is CCCNC(CCCC(F)(F)F)C(CCC)OCC. The lowest BCUT2D eigenvalue weighted by Gasteiger charge is -2.28. The summed E-state index contributed by atoms with van der Waals surface area (Å²) < 4.78 is 42.3. The second-order valence-electron chi connectivity index (χ2n) is 4.85. The molecule has 1 N–H and O–H groups in total. The molecule has 0 heterocycles. The van der Waals surface area contributed by atoms with Gasteiger partial charge >= 0.3 is 6.18 Å². The second-order valence-corrected chi connectivity index (χ2v) is 4.85. The number of halogens is 3. The number of hydrogen-bond acceptors (Lipinski definition) is 2. The molecule has 0 spiro atoms. The van der Waals surface area contributed by atoms with Gasteiger partial charge < -0.3 is 10.1 Å². The van der Waals surface area contributed by atoms with E-state index in [0.717, 1.165) is 25.8 Å². The predicted molar refractivity (Wildman–Crippen MR) is 72.3 cm³/mol. The Labute approximate surface area is 115 Å². The summed E-state index contributed by atoms with van der Waals surface area (Å²) in [7, 11) is 0. The Bertz CT molecular complexity index is 203. The van der Waals surface area contributed by atoms with E-state index < -0.39 is 12.6 Å². The van der Waals surface area contributed by atoms with Gasteiger partial charge in [0.1, 0.15) is 0 Å². The summed E-state index contributed by atoms with van der Waals surface area (Å²) in [5.41, 5.74) is 0. The van der Waals surface area contributed by atoms with Gasteiger partial charge in [0.15, 0.2) is 0 Å². The fourth-order valence-corrected chi connectivity index (χ4v) is 2.17. The Hall–Kier alpha value is -0.290. The van der Waals surface area contributed by atoms with Gasteiger partial charge in [0, 0.05) is 19.1 Å². The molecular formula is C14H28F3NO. The van der Waals surface area contributed by atoms with Gasteiger partial charge in [-0.15, -0.1) is 0 Å². The molecule has 0 aliphatic heterocycles. The van der Waals surface area contributed by atoms with Gasteiger partial charge in [-0.1, -0.05) is 20.3 Å². The largest absolute Gasteiger partial charge is 0.389 e. The molecular weight excluding hydrogens is 255 g/mol. The van der Waals surface area contributed by atoms with Gasteiger partial charge in [-0.05, 0) is 39.2 Å². The van der Waals surface area contributed by atoms with Crippen molar-refractivity contribution in [3.63, 3.8) is 0 Å². The highest BCUT2D eigenvalue weighted by Crippen LogP contribution is 2.24. The first-order valence-electron chi connectivity index (χ1n) is 7.36. The fraction of sp³-hybridized carbons (Fsp3) is 1.00. The molecule has 0 aromatic rings. The Morgan fingerprint density at radius 2 is 1.74 bits per heavy atom. The molecule has 0 saturated heterocycles. The minimum Gasteiger partial charge on any atom is -0.377 e.